The van der Waals surface area contributed by atoms with Crippen LogP contribution in [0.1, 0.15) is 16.8 Å². The van der Waals surface area contributed by atoms with Crippen molar-refractivity contribution in [3.63, 3.8) is 0 Å². The van der Waals surface area contributed by atoms with Gasteiger partial charge in [-0.15, -0.1) is 0 Å². The molecular weight excluding hydrogens is 413 g/mol. The largest absolute Gasteiger partial charge is 0.405 e. The molecule has 0 aliphatic rings. The van der Waals surface area contributed by atoms with E-state index < -0.39 is 34.6 Å². The molecule has 0 aliphatic heterocycles. The Morgan fingerprint density at radius 3 is 2.52 bits per heavy atom. The minimum atomic E-state index is -4.54. The van der Waals surface area contributed by atoms with E-state index in [1.54, 1.807) is 5.32 Å². The molecule has 0 saturated carbocycles. The first-order valence-corrected chi connectivity index (χ1v) is 9.70. The fourth-order valence-corrected chi connectivity index (χ4v) is 3.13. The third-order valence-corrected chi connectivity index (χ3v) is 4.89. The van der Waals surface area contributed by atoms with Gasteiger partial charge in [0.05, 0.1) is 0 Å². The molecule has 0 aliphatic carbocycles. The maximum absolute atomic E-state index is 12.2. The quantitative estimate of drug-likeness (QED) is 0.589. The van der Waals surface area contributed by atoms with Gasteiger partial charge in [-0.25, -0.2) is 13.1 Å². The van der Waals surface area contributed by atoms with Gasteiger partial charge < -0.3 is 10.6 Å². The number of aromatic nitrogens is 1. The molecule has 1 aromatic heterocycles. The van der Waals surface area contributed by atoms with Crippen molar-refractivity contribution in [2.24, 2.45) is 0 Å². The molecule has 0 saturated heterocycles. The fraction of sp³-hybridized carbons (Fsp3) is 0.235. The first-order chi connectivity index (χ1) is 13.6. The molecular formula is C17H17F3N4O4S. The number of alkyl halides is 3. The number of carbonyl (C=O) groups excluding carboxylic acids is 2. The summed E-state index contributed by atoms with van der Waals surface area (Å²) in [6, 6.07) is 8.15. The Morgan fingerprint density at radius 1 is 1.10 bits per heavy atom. The number of anilines is 1. The highest BCUT2D eigenvalue weighted by atomic mass is 32.2. The zero-order valence-corrected chi connectivity index (χ0v) is 15.7. The number of carbonyl (C=O) groups is 2. The normalized spacial score (nSPS) is 11.7. The van der Waals surface area contributed by atoms with E-state index in [2.05, 4.69) is 15.0 Å². The molecule has 0 atom stereocenters. The molecule has 0 unspecified atom stereocenters. The standard InChI is InChI=1S/C17H17F3N4O4S/c18-17(19,20)11-22-16(26)12-3-1-4-13(9-12)24-15(25)6-8-23-29(27,28)14-5-2-7-21-10-14/h1-5,7,9-10,23H,6,8,11H2,(H,22,26)(H,24,25). The summed E-state index contributed by atoms with van der Waals surface area (Å²) in [6.45, 7) is -1.66. The fourth-order valence-electron chi connectivity index (χ4n) is 2.13. The molecule has 0 fully saturated rings. The predicted octanol–water partition coefficient (Wildman–Crippen LogP) is 1.68. The second-order valence-corrected chi connectivity index (χ2v) is 7.53. The van der Waals surface area contributed by atoms with Gasteiger partial charge in [-0.3, -0.25) is 14.6 Å². The van der Waals surface area contributed by atoms with Gasteiger partial charge in [0.1, 0.15) is 11.4 Å². The number of amides is 2. The van der Waals surface area contributed by atoms with E-state index in [9.17, 15) is 31.2 Å². The third-order valence-electron chi connectivity index (χ3n) is 3.45. The zero-order chi connectivity index (χ0) is 21.5. The molecule has 1 heterocycles. The highest BCUT2D eigenvalue weighted by Crippen LogP contribution is 2.14. The van der Waals surface area contributed by atoms with Gasteiger partial charge in [0.15, 0.2) is 0 Å². The number of hydrogen-bond donors (Lipinski definition) is 3. The monoisotopic (exact) mass is 430 g/mol. The Labute approximate surface area is 164 Å². The average molecular weight is 430 g/mol. The van der Waals surface area contributed by atoms with Crippen LogP contribution in [0.4, 0.5) is 18.9 Å². The lowest BCUT2D eigenvalue weighted by Gasteiger charge is -2.10. The molecule has 29 heavy (non-hydrogen) atoms. The second-order valence-electron chi connectivity index (χ2n) is 5.76. The van der Waals surface area contributed by atoms with Gasteiger partial charge in [0.25, 0.3) is 5.91 Å². The Balaban J connectivity index is 1.87. The number of nitrogens with one attached hydrogen (secondary N) is 3. The number of hydrogen-bond acceptors (Lipinski definition) is 5. The van der Waals surface area contributed by atoms with Gasteiger partial charge >= 0.3 is 6.18 Å². The van der Waals surface area contributed by atoms with Crippen LogP contribution in [0.5, 0.6) is 0 Å². The van der Waals surface area contributed by atoms with Crippen LogP contribution in [-0.2, 0) is 14.8 Å². The smallest absolute Gasteiger partial charge is 0.343 e. The first-order valence-electron chi connectivity index (χ1n) is 8.21. The molecule has 3 N–H and O–H groups in total. The molecule has 0 spiro atoms. The Bertz CT molecular complexity index is 966. The van der Waals surface area contributed by atoms with Crippen LogP contribution in [0.15, 0.2) is 53.7 Å². The lowest BCUT2D eigenvalue weighted by molar-refractivity contribution is -0.123. The number of nitrogens with zero attached hydrogens (tertiary/aromatic N) is 1. The molecule has 2 rings (SSSR count). The van der Waals surface area contributed by atoms with Crippen molar-refractivity contribution in [1.82, 2.24) is 15.0 Å². The zero-order valence-electron chi connectivity index (χ0n) is 14.9. The maximum Gasteiger partial charge on any atom is 0.405 e. The summed E-state index contributed by atoms with van der Waals surface area (Å²) in [7, 11) is -3.80. The number of sulfonamides is 1. The van der Waals surface area contributed by atoms with Crippen LogP contribution in [0.25, 0.3) is 0 Å². The summed E-state index contributed by atoms with van der Waals surface area (Å²) < 4.78 is 62.8. The molecule has 12 heteroatoms. The highest BCUT2D eigenvalue weighted by Gasteiger charge is 2.27. The molecule has 8 nitrogen and oxygen atoms in total. The van der Waals surface area contributed by atoms with E-state index in [0.29, 0.717) is 0 Å². The van der Waals surface area contributed by atoms with E-state index in [-0.39, 0.29) is 29.1 Å². The third kappa shape index (κ3) is 7.50. The van der Waals surface area contributed by atoms with Crippen LogP contribution >= 0.6 is 0 Å². The molecule has 1 aromatic carbocycles. The van der Waals surface area contributed by atoms with Gasteiger partial charge in [-0.05, 0) is 30.3 Å². The SMILES string of the molecule is O=C(CCNS(=O)(=O)c1cccnc1)Nc1cccc(C(=O)NCC(F)(F)F)c1. The molecule has 2 amide bonds. The highest BCUT2D eigenvalue weighted by molar-refractivity contribution is 7.89. The second kappa shape index (κ2) is 9.47. The molecule has 0 bridgehead atoms. The van der Waals surface area contributed by atoms with Crippen LogP contribution in [0, 0.1) is 0 Å². The number of halogens is 3. The Morgan fingerprint density at radius 2 is 1.86 bits per heavy atom. The van der Waals surface area contributed by atoms with Crippen molar-refractivity contribution < 1.29 is 31.2 Å². The summed E-state index contributed by atoms with van der Waals surface area (Å²) in [5.74, 6) is -1.49. The Hall–Kier alpha value is -2.99. The predicted molar refractivity (Wildman–Crippen MR) is 97.5 cm³/mol. The number of rotatable bonds is 8. The summed E-state index contributed by atoms with van der Waals surface area (Å²) in [4.78, 5) is 27.4. The van der Waals surface area contributed by atoms with Gasteiger partial charge in [-0.1, -0.05) is 6.07 Å². The topological polar surface area (TPSA) is 117 Å². The summed E-state index contributed by atoms with van der Waals surface area (Å²) in [5.41, 5.74) is 0.120. The van der Waals surface area contributed by atoms with E-state index >= 15 is 0 Å². The van der Waals surface area contributed by atoms with Crippen molar-refractivity contribution in [3.8, 4) is 0 Å². The van der Waals surface area contributed by atoms with Crippen molar-refractivity contribution in [1.29, 1.82) is 0 Å². The minimum Gasteiger partial charge on any atom is -0.343 e. The number of pyridine rings is 1. The first kappa shape index (κ1) is 22.3. The van der Waals surface area contributed by atoms with Crippen LogP contribution < -0.4 is 15.4 Å². The van der Waals surface area contributed by atoms with E-state index in [0.717, 1.165) is 6.20 Å². The van der Waals surface area contributed by atoms with Crippen molar-refractivity contribution in [3.05, 3.63) is 54.4 Å². The lowest BCUT2D eigenvalue weighted by Crippen LogP contribution is -2.33. The van der Waals surface area contributed by atoms with E-state index in [1.807, 2.05) is 0 Å². The summed E-state index contributed by atoms with van der Waals surface area (Å²) >= 11 is 0. The summed E-state index contributed by atoms with van der Waals surface area (Å²) in [5, 5.41) is 4.17. The van der Waals surface area contributed by atoms with Crippen molar-refractivity contribution in [2.45, 2.75) is 17.5 Å². The minimum absolute atomic E-state index is 0.0435. The summed E-state index contributed by atoms with van der Waals surface area (Å²) in [6.07, 6.45) is -2.16. The van der Waals surface area contributed by atoms with E-state index in [1.165, 1.54) is 42.6 Å². The molecule has 156 valence electrons. The van der Waals surface area contributed by atoms with Crippen LogP contribution in [0.3, 0.4) is 0 Å². The molecule has 2 aromatic rings. The van der Waals surface area contributed by atoms with Gasteiger partial charge in [0, 0.05) is 36.6 Å². The van der Waals surface area contributed by atoms with Gasteiger partial charge in [0.2, 0.25) is 15.9 Å². The average Bonchev–Trinajstić information content (AvgIpc) is 2.66. The van der Waals surface area contributed by atoms with Gasteiger partial charge in [-0.2, -0.15) is 13.2 Å². The lowest BCUT2D eigenvalue weighted by atomic mass is 10.2. The Kier molecular flexibility index (Phi) is 7.29. The van der Waals surface area contributed by atoms with E-state index in [4.69, 9.17) is 0 Å². The number of benzene rings is 1. The van der Waals surface area contributed by atoms with Crippen molar-refractivity contribution in [2.75, 3.05) is 18.4 Å². The van der Waals surface area contributed by atoms with Crippen LogP contribution in [0.2, 0.25) is 0 Å². The van der Waals surface area contributed by atoms with Crippen LogP contribution in [-0.4, -0.2) is 44.5 Å². The molecule has 0 radical (unpaired) electrons. The van der Waals surface area contributed by atoms with Crippen molar-refractivity contribution >= 4 is 27.5 Å². The maximum atomic E-state index is 12.2.